The summed E-state index contributed by atoms with van der Waals surface area (Å²) in [6.07, 6.45) is 11.4. The van der Waals surface area contributed by atoms with Crippen LogP contribution >= 0.6 is 0 Å². The van der Waals surface area contributed by atoms with Crippen LogP contribution in [0.2, 0.25) is 0 Å². The maximum Gasteiger partial charge on any atom is 0.255 e. The van der Waals surface area contributed by atoms with Crippen molar-refractivity contribution in [3.63, 3.8) is 0 Å². The van der Waals surface area contributed by atoms with Crippen LogP contribution in [0.1, 0.15) is 42.5 Å². The molecule has 3 nitrogen and oxygen atoms in total. The van der Waals surface area contributed by atoms with Gasteiger partial charge in [0, 0.05) is 19.3 Å². The average molecular weight is 274 g/mol. The average Bonchev–Trinajstić information content (AvgIpc) is 2.48. The maximum atomic E-state index is 12.8. The topological polar surface area (TPSA) is 33.2 Å². The number of rotatable bonds is 1. The first-order valence-electron chi connectivity index (χ1n) is 7.24. The molecule has 0 radical (unpaired) electrons. The van der Waals surface area contributed by atoms with Crippen LogP contribution in [0, 0.1) is 11.4 Å². The first kappa shape index (κ1) is 13.3. The zero-order chi connectivity index (χ0) is 14.0. The highest BCUT2D eigenvalue weighted by Crippen LogP contribution is 2.40. The van der Waals surface area contributed by atoms with Crippen molar-refractivity contribution in [3.8, 4) is 0 Å². The minimum Gasteiger partial charge on any atom is -0.338 e. The lowest BCUT2D eigenvalue weighted by molar-refractivity contribution is 0.0484. The third-order valence-corrected chi connectivity index (χ3v) is 4.48. The Morgan fingerprint density at radius 3 is 2.90 bits per heavy atom. The summed E-state index contributed by atoms with van der Waals surface area (Å²) in [5, 5.41) is 0. The number of hydrogen-bond acceptors (Lipinski definition) is 2. The van der Waals surface area contributed by atoms with E-state index in [1.165, 1.54) is 24.8 Å². The minimum absolute atomic E-state index is 0.0221. The molecule has 1 amide bonds. The number of likely N-dealkylation sites (tertiary alicyclic amines) is 1. The van der Waals surface area contributed by atoms with E-state index >= 15 is 0 Å². The molecule has 2 heterocycles. The second kappa shape index (κ2) is 5.35. The molecule has 0 aromatic carbocycles. The number of carbonyl (C=O) groups excluding carboxylic acids is 1. The first-order chi connectivity index (χ1) is 9.69. The van der Waals surface area contributed by atoms with E-state index in [0.717, 1.165) is 38.8 Å². The van der Waals surface area contributed by atoms with Gasteiger partial charge in [0.1, 0.15) is 0 Å². The predicted molar refractivity (Wildman–Crippen MR) is 74.8 cm³/mol. The highest BCUT2D eigenvalue weighted by molar-refractivity contribution is 5.94. The molecule has 1 spiro atoms. The van der Waals surface area contributed by atoms with Crippen LogP contribution in [0.4, 0.5) is 4.39 Å². The predicted octanol–water partition coefficient (Wildman–Crippen LogP) is 3.18. The fraction of sp³-hybridized carbons (Fsp3) is 0.500. The summed E-state index contributed by atoms with van der Waals surface area (Å²) in [5.41, 5.74) is 0.741. The third kappa shape index (κ3) is 2.60. The fourth-order valence-electron chi connectivity index (χ4n) is 3.38. The van der Waals surface area contributed by atoms with Crippen LogP contribution in [-0.2, 0) is 0 Å². The Hall–Kier alpha value is -1.71. The molecule has 4 heteroatoms. The molecular formula is C16H19FN2O. The normalized spacial score (nSPS) is 25.9. The minimum atomic E-state index is -0.547. The van der Waals surface area contributed by atoms with Crippen molar-refractivity contribution in [1.29, 1.82) is 0 Å². The van der Waals surface area contributed by atoms with Crippen molar-refractivity contribution in [2.75, 3.05) is 13.1 Å². The van der Waals surface area contributed by atoms with Crippen LogP contribution in [0.25, 0.3) is 0 Å². The van der Waals surface area contributed by atoms with Gasteiger partial charge in [-0.2, -0.15) is 4.39 Å². The van der Waals surface area contributed by atoms with E-state index in [9.17, 15) is 9.18 Å². The molecule has 1 aliphatic heterocycles. The van der Waals surface area contributed by atoms with E-state index < -0.39 is 5.95 Å². The Bertz CT molecular complexity index is 526. The van der Waals surface area contributed by atoms with E-state index in [4.69, 9.17) is 0 Å². The van der Waals surface area contributed by atoms with Gasteiger partial charge in [-0.15, -0.1) is 0 Å². The number of carbonyl (C=O) groups is 1. The highest BCUT2D eigenvalue weighted by atomic mass is 19.1. The van der Waals surface area contributed by atoms with Crippen LogP contribution < -0.4 is 0 Å². The van der Waals surface area contributed by atoms with Gasteiger partial charge in [-0.05, 0) is 49.7 Å². The number of halogens is 1. The van der Waals surface area contributed by atoms with Gasteiger partial charge in [-0.1, -0.05) is 12.2 Å². The summed E-state index contributed by atoms with van der Waals surface area (Å²) in [7, 11) is 0. The largest absolute Gasteiger partial charge is 0.338 e. The second-order valence-electron chi connectivity index (χ2n) is 5.91. The molecule has 106 valence electrons. The van der Waals surface area contributed by atoms with Crippen molar-refractivity contribution in [1.82, 2.24) is 9.88 Å². The summed E-state index contributed by atoms with van der Waals surface area (Å²) in [6, 6.07) is 2.77. The van der Waals surface area contributed by atoms with Crippen molar-refractivity contribution in [2.24, 2.45) is 5.41 Å². The van der Waals surface area contributed by atoms with Crippen LogP contribution in [0.15, 0.2) is 30.5 Å². The van der Waals surface area contributed by atoms with E-state index in [-0.39, 0.29) is 11.3 Å². The van der Waals surface area contributed by atoms with E-state index in [1.54, 1.807) is 0 Å². The highest BCUT2D eigenvalue weighted by Gasteiger charge is 2.36. The Balaban J connectivity index is 1.75. The number of nitrogens with zero attached hydrogens (tertiary/aromatic N) is 2. The monoisotopic (exact) mass is 274 g/mol. The maximum absolute atomic E-state index is 12.8. The molecule has 2 aliphatic rings. The lowest BCUT2D eigenvalue weighted by atomic mass is 9.71. The molecule has 1 aromatic heterocycles. The zero-order valence-electron chi connectivity index (χ0n) is 11.5. The first-order valence-corrected chi connectivity index (χ1v) is 7.24. The van der Waals surface area contributed by atoms with Gasteiger partial charge in [-0.25, -0.2) is 4.98 Å². The molecule has 1 aromatic rings. The molecule has 0 saturated carbocycles. The molecule has 1 saturated heterocycles. The molecule has 0 unspecified atom stereocenters. The zero-order valence-corrected chi connectivity index (χ0v) is 11.5. The standard InChI is InChI=1S/C16H19FN2O/c17-14-6-5-13(11-18-14)15(20)19-10-4-9-16(12-19)7-2-1-3-8-16/h1-2,5-6,11H,3-4,7-10,12H2/t16-/m1/s1. The summed E-state index contributed by atoms with van der Waals surface area (Å²) in [6.45, 7) is 1.61. The van der Waals surface area contributed by atoms with E-state index in [2.05, 4.69) is 17.1 Å². The molecule has 3 rings (SSSR count). The lowest BCUT2D eigenvalue weighted by Gasteiger charge is -2.43. The molecule has 1 atom stereocenters. The summed E-state index contributed by atoms with van der Waals surface area (Å²) < 4.78 is 12.8. The van der Waals surface area contributed by atoms with E-state index in [0.29, 0.717) is 5.56 Å². The van der Waals surface area contributed by atoms with Crippen LogP contribution in [0.3, 0.4) is 0 Å². The van der Waals surface area contributed by atoms with Gasteiger partial charge in [0.2, 0.25) is 5.95 Å². The fourth-order valence-corrected chi connectivity index (χ4v) is 3.38. The van der Waals surface area contributed by atoms with Gasteiger partial charge in [-0.3, -0.25) is 4.79 Å². The van der Waals surface area contributed by atoms with E-state index in [1.807, 2.05) is 4.90 Å². The Morgan fingerprint density at radius 1 is 1.30 bits per heavy atom. The Labute approximate surface area is 118 Å². The van der Waals surface area contributed by atoms with Crippen molar-refractivity contribution >= 4 is 5.91 Å². The molecule has 1 fully saturated rings. The van der Waals surface area contributed by atoms with Crippen molar-refractivity contribution < 1.29 is 9.18 Å². The van der Waals surface area contributed by atoms with Gasteiger partial charge in [0.25, 0.3) is 5.91 Å². The number of amides is 1. The SMILES string of the molecule is O=C(c1ccc(F)nc1)N1CCC[C@]2(CC=CCC2)C1. The number of hydrogen-bond donors (Lipinski definition) is 0. The van der Waals surface area contributed by atoms with Crippen LogP contribution in [-0.4, -0.2) is 28.9 Å². The number of piperidine rings is 1. The van der Waals surface area contributed by atoms with Gasteiger partial charge in [0.05, 0.1) is 5.56 Å². The quantitative estimate of drug-likeness (QED) is 0.582. The van der Waals surface area contributed by atoms with Crippen LogP contribution in [0.5, 0.6) is 0 Å². The molecule has 1 aliphatic carbocycles. The van der Waals surface area contributed by atoms with Gasteiger partial charge < -0.3 is 4.90 Å². The number of allylic oxidation sites excluding steroid dienone is 2. The molecule has 0 bridgehead atoms. The molecular weight excluding hydrogens is 255 g/mol. The molecule has 0 N–H and O–H groups in total. The molecule has 20 heavy (non-hydrogen) atoms. The Kier molecular flexibility index (Phi) is 3.55. The van der Waals surface area contributed by atoms with Crippen molar-refractivity contribution in [2.45, 2.75) is 32.1 Å². The Morgan fingerprint density at radius 2 is 2.20 bits per heavy atom. The summed E-state index contributed by atoms with van der Waals surface area (Å²) in [5.74, 6) is -0.569. The number of pyridine rings is 1. The van der Waals surface area contributed by atoms with Gasteiger partial charge >= 0.3 is 0 Å². The van der Waals surface area contributed by atoms with Crippen molar-refractivity contribution in [3.05, 3.63) is 42.0 Å². The van der Waals surface area contributed by atoms with Gasteiger partial charge in [0.15, 0.2) is 0 Å². The number of aromatic nitrogens is 1. The summed E-state index contributed by atoms with van der Waals surface area (Å²) >= 11 is 0. The lowest BCUT2D eigenvalue weighted by Crippen LogP contribution is -2.46. The third-order valence-electron chi connectivity index (χ3n) is 4.48. The summed E-state index contributed by atoms with van der Waals surface area (Å²) in [4.78, 5) is 18.0. The second-order valence-corrected chi connectivity index (χ2v) is 5.91. The smallest absolute Gasteiger partial charge is 0.255 e.